The third kappa shape index (κ3) is 5.42. The van der Waals surface area contributed by atoms with Gasteiger partial charge in [0.1, 0.15) is 5.75 Å². The maximum atomic E-state index is 6.04. The molecule has 2 aromatic carbocycles. The standard InChI is InChI=1S/C22H30O/c1-17(2)19-11-13-21(14-12-19)23-16-22(4,5)15-18(3)20-9-7-6-8-10-20/h6-14,17-18H,15-16H2,1-5H3. The fraction of sp³-hybridized carbons (Fsp3) is 0.455. The lowest BCUT2D eigenvalue weighted by Gasteiger charge is -2.28. The van der Waals surface area contributed by atoms with Crippen LogP contribution < -0.4 is 4.74 Å². The van der Waals surface area contributed by atoms with E-state index in [1.807, 2.05) is 0 Å². The largest absolute Gasteiger partial charge is 0.493 e. The van der Waals surface area contributed by atoms with Gasteiger partial charge in [0.2, 0.25) is 0 Å². The van der Waals surface area contributed by atoms with Crippen molar-refractivity contribution in [1.82, 2.24) is 0 Å². The lowest BCUT2D eigenvalue weighted by Crippen LogP contribution is -2.23. The van der Waals surface area contributed by atoms with E-state index in [9.17, 15) is 0 Å². The Labute approximate surface area is 141 Å². The summed E-state index contributed by atoms with van der Waals surface area (Å²) >= 11 is 0. The smallest absolute Gasteiger partial charge is 0.119 e. The van der Waals surface area contributed by atoms with Crippen molar-refractivity contribution in [2.45, 2.75) is 52.9 Å². The summed E-state index contributed by atoms with van der Waals surface area (Å²) in [7, 11) is 0. The second-order valence-electron chi connectivity index (χ2n) is 7.69. The number of hydrogen-bond donors (Lipinski definition) is 0. The van der Waals surface area contributed by atoms with E-state index in [4.69, 9.17) is 4.74 Å². The lowest BCUT2D eigenvalue weighted by molar-refractivity contribution is 0.162. The van der Waals surface area contributed by atoms with Crippen molar-refractivity contribution < 1.29 is 4.74 Å². The molecule has 0 aliphatic heterocycles. The second kappa shape index (κ2) is 7.68. The first kappa shape index (κ1) is 17.6. The Morgan fingerprint density at radius 3 is 2.00 bits per heavy atom. The van der Waals surface area contributed by atoms with Gasteiger partial charge in [-0.2, -0.15) is 0 Å². The van der Waals surface area contributed by atoms with Crippen molar-refractivity contribution in [3.8, 4) is 5.75 Å². The van der Waals surface area contributed by atoms with Crippen molar-refractivity contribution in [3.05, 3.63) is 65.7 Å². The SMILES string of the molecule is CC(C)c1ccc(OCC(C)(C)CC(C)c2ccccc2)cc1. The van der Waals surface area contributed by atoms with Gasteiger partial charge in [0, 0.05) is 0 Å². The molecule has 0 radical (unpaired) electrons. The lowest BCUT2D eigenvalue weighted by atomic mass is 9.81. The van der Waals surface area contributed by atoms with Crippen molar-refractivity contribution in [2.75, 3.05) is 6.61 Å². The Kier molecular flexibility index (Phi) is 5.87. The Balaban J connectivity index is 1.90. The fourth-order valence-electron chi connectivity index (χ4n) is 3.01. The van der Waals surface area contributed by atoms with E-state index in [-0.39, 0.29) is 5.41 Å². The highest BCUT2D eigenvalue weighted by Gasteiger charge is 2.23. The van der Waals surface area contributed by atoms with E-state index in [0.717, 1.165) is 18.8 Å². The highest BCUT2D eigenvalue weighted by Crippen LogP contribution is 2.32. The molecule has 0 fully saturated rings. The second-order valence-corrected chi connectivity index (χ2v) is 7.69. The Bertz CT molecular complexity index is 581. The monoisotopic (exact) mass is 310 g/mol. The van der Waals surface area contributed by atoms with Crippen molar-refractivity contribution in [2.24, 2.45) is 5.41 Å². The minimum Gasteiger partial charge on any atom is -0.493 e. The van der Waals surface area contributed by atoms with Gasteiger partial charge in [0.05, 0.1) is 6.61 Å². The van der Waals surface area contributed by atoms with Crippen LogP contribution in [0.5, 0.6) is 5.75 Å². The van der Waals surface area contributed by atoms with Gasteiger partial charge in [-0.3, -0.25) is 0 Å². The van der Waals surface area contributed by atoms with Crippen LogP contribution in [0.4, 0.5) is 0 Å². The van der Waals surface area contributed by atoms with Crippen LogP contribution >= 0.6 is 0 Å². The molecular weight excluding hydrogens is 280 g/mol. The molecule has 0 amide bonds. The maximum absolute atomic E-state index is 6.04. The molecule has 0 bridgehead atoms. The molecular formula is C22H30O. The average Bonchev–Trinajstić information content (AvgIpc) is 2.54. The van der Waals surface area contributed by atoms with Crippen LogP contribution in [0.15, 0.2) is 54.6 Å². The zero-order chi connectivity index (χ0) is 16.9. The predicted octanol–water partition coefficient (Wildman–Crippen LogP) is 6.41. The fourth-order valence-corrected chi connectivity index (χ4v) is 3.01. The summed E-state index contributed by atoms with van der Waals surface area (Å²) in [5, 5.41) is 0. The van der Waals surface area contributed by atoms with Gasteiger partial charge in [-0.1, -0.05) is 77.1 Å². The topological polar surface area (TPSA) is 9.23 Å². The van der Waals surface area contributed by atoms with E-state index in [0.29, 0.717) is 11.8 Å². The predicted molar refractivity (Wildman–Crippen MR) is 99.3 cm³/mol. The van der Waals surface area contributed by atoms with E-state index in [1.165, 1.54) is 11.1 Å². The average molecular weight is 310 g/mol. The van der Waals surface area contributed by atoms with Crippen molar-refractivity contribution >= 4 is 0 Å². The van der Waals surface area contributed by atoms with Gasteiger partial charge >= 0.3 is 0 Å². The molecule has 0 spiro atoms. The molecule has 2 rings (SSSR count). The van der Waals surface area contributed by atoms with E-state index in [2.05, 4.69) is 89.2 Å². The zero-order valence-electron chi connectivity index (χ0n) is 15.2. The van der Waals surface area contributed by atoms with Gasteiger partial charge in [-0.25, -0.2) is 0 Å². The third-order valence-electron chi connectivity index (χ3n) is 4.40. The first-order valence-electron chi connectivity index (χ1n) is 8.65. The summed E-state index contributed by atoms with van der Waals surface area (Å²) in [6.07, 6.45) is 1.11. The molecule has 1 unspecified atom stereocenters. The van der Waals surface area contributed by atoms with Crippen LogP contribution in [0.3, 0.4) is 0 Å². The Morgan fingerprint density at radius 1 is 0.826 bits per heavy atom. The highest BCUT2D eigenvalue weighted by atomic mass is 16.5. The summed E-state index contributed by atoms with van der Waals surface area (Å²) in [5.41, 5.74) is 2.91. The number of hydrogen-bond acceptors (Lipinski definition) is 1. The van der Waals surface area contributed by atoms with Crippen LogP contribution in [0.2, 0.25) is 0 Å². The summed E-state index contributed by atoms with van der Waals surface area (Å²) < 4.78 is 6.04. The Hall–Kier alpha value is -1.76. The normalized spacial score (nSPS) is 13.1. The van der Waals surface area contributed by atoms with Crippen molar-refractivity contribution in [1.29, 1.82) is 0 Å². The van der Waals surface area contributed by atoms with Crippen molar-refractivity contribution in [3.63, 3.8) is 0 Å². The summed E-state index contributed by atoms with van der Waals surface area (Å²) in [4.78, 5) is 0. The van der Waals surface area contributed by atoms with E-state index >= 15 is 0 Å². The highest BCUT2D eigenvalue weighted by molar-refractivity contribution is 5.29. The number of benzene rings is 2. The molecule has 0 saturated carbocycles. The van der Waals surface area contributed by atoms with Gasteiger partial charge in [-0.05, 0) is 46.9 Å². The van der Waals surface area contributed by atoms with Gasteiger partial charge in [0.15, 0.2) is 0 Å². The summed E-state index contributed by atoms with van der Waals surface area (Å²) in [5.74, 6) is 2.07. The van der Waals surface area contributed by atoms with Crippen LogP contribution in [0, 0.1) is 5.41 Å². The molecule has 0 saturated heterocycles. The molecule has 124 valence electrons. The van der Waals surface area contributed by atoms with Crippen LogP contribution in [0.1, 0.15) is 64.0 Å². The molecule has 1 nitrogen and oxygen atoms in total. The first-order valence-corrected chi connectivity index (χ1v) is 8.65. The van der Waals surface area contributed by atoms with Crippen LogP contribution in [-0.2, 0) is 0 Å². The van der Waals surface area contributed by atoms with Gasteiger partial charge in [-0.15, -0.1) is 0 Å². The Morgan fingerprint density at radius 2 is 1.43 bits per heavy atom. The third-order valence-corrected chi connectivity index (χ3v) is 4.40. The van der Waals surface area contributed by atoms with E-state index < -0.39 is 0 Å². The zero-order valence-corrected chi connectivity index (χ0v) is 15.2. The first-order chi connectivity index (χ1) is 10.9. The minimum atomic E-state index is 0.145. The molecule has 0 aliphatic carbocycles. The van der Waals surface area contributed by atoms with Gasteiger partial charge in [0.25, 0.3) is 0 Å². The molecule has 23 heavy (non-hydrogen) atoms. The summed E-state index contributed by atoms with van der Waals surface area (Å²) in [6.45, 7) is 12.0. The molecule has 0 aliphatic rings. The quantitative estimate of drug-likeness (QED) is 0.574. The molecule has 2 aromatic rings. The number of ether oxygens (including phenoxy) is 1. The molecule has 0 heterocycles. The molecule has 0 aromatic heterocycles. The molecule has 1 atom stereocenters. The molecule has 1 heteroatoms. The summed E-state index contributed by atoms with van der Waals surface area (Å²) in [6, 6.07) is 19.2. The van der Waals surface area contributed by atoms with Crippen LogP contribution in [0.25, 0.3) is 0 Å². The van der Waals surface area contributed by atoms with E-state index in [1.54, 1.807) is 0 Å². The van der Waals surface area contributed by atoms with Crippen LogP contribution in [-0.4, -0.2) is 6.61 Å². The van der Waals surface area contributed by atoms with Gasteiger partial charge < -0.3 is 4.74 Å². The minimum absolute atomic E-state index is 0.145. The molecule has 0 N–H and O–H groups in total. The number of rotatable bonds is 7. The maximum Gasteiger partial charge on any atom is 0.119 e.